The van der Waals surface area contributed by atoms with E-state index in [0.717, 1.165) is 11.3 Å². The molecule has 110 valence electrons. The van der Waals surface area contributed by atoms with Crippen molar-refractivity contribution < 1.29 is 0 Å². The highest BCUT2D eigenvalue weighted by atomic mass is 15.1. The first-order valence-corrected chi connectivity index (χ1v) is 6.84. The normalized spacial score (nSPS) is 10.2. The highest BCUT2D eigenvalue weighted by molar-refractivity contribution is 5.79. The van der Waals surface area contributed by atoms with Gasteiger partial charge in [0.1, 0.15) is 17.8 Å². The third-order valence-corrected chi connectivity index (χ3v) is 3.08. The van der Waals surface area contributed by atoms with Gasteiger partial charge < -0.3 is 16.4 Å². The quantitative estimate of drug-likeness (QED) is 0.684. The van der Waals surface area contributed by atoms with Gasteiger partial charge in [0.25, 0.3) is 0 Å². The number of hydrogen-bond acceptors (Lipinski definition) is 6. The average Bonchev–Trinajstić information content (AvgIpc) is 2.54. The van der Waals surface area contributed by atoms with E-state index in [9.17, 15) is 0 Å². The van der Waals surface area contributed by atoms with Gasteiger partial charge in [0, 0.05) is 11.9 Å². The van der Waals surface area contributed by atoms with Crippen LogP contribution in [0, 0.1) is 6.92 Å². The molecule has 0 aliphatic carbocycles. The largest absolute Gasteiger partial charge is 0.393 e. The van der Waals surface area contributed by atoms with Crippen LogP contribution in [0.1, 0.15) is 5.56 Å². The molecular weight excluding hydrogens is 276 g/mol. The lowest BCUT2D eigenvalue weighted by Gasteiger charge is -2.12. The Morgan fingerprint density at radius 2 is 1.59 bits per heavy atom. The van der Waals surface area contributed by atoms with Gasteiger partial charge in [0.05, 0.1) is 0 Å². The monoisotopic (exact) mass is 292 g/mol. The first-order chi connectivity index (χ1) is 10.7. The van der Waals surface area contributed by atoms with Crippen molar-refractivity contribution in [3.8, 4) is 0 Å². The van der Waals surface area contributed by atoms with Crippen LogP contribution in [0.25, 0.3) is 0 Å². The molecular formula is C16H16N6. The molecule has 0 unspecified atom stereocenters. The molecule has 2 aromatic heterocycles. The van der Waals surface area contributed by atoms with E-state index >= 15 is 0 Å². The SMILES string of the molecule is Cc1ccc(Nc2ncnc(Nc3ccccc3)c2N)nc1. The molecule has 22 heavy (non-hydrogen) atoms. The van der Waals surface area contributed by atoms with E-state index < -0.39 is 0 Å². The van der Waals surface area contributed by atoms with Crippen LogP contribution in [0.2, 0.25) is 0 Å². The van der Waals surface area contributed by atoms with Crippen molar-refractivity contribution in [2.45, 2.75) is 6.92 Å². The van der Waals surface area contributed by atoms with Crippen LogP contribution >= 0.6 is 0 Å². The fourth-order valence-corrected chi connectivity index (χ4v) is 1.92. The summed E-state index contributed by atoms with van der Waals surface area (Å²) in [5.41, 5.74) is 8.57. The van der Waals surface area contributed by atoms with Gasteiger partial charge in [-0.15, -0.1) is 0 Å². The second kappa shape index (κ2) is 6.09. The summed E-state index contributed by atoms with van der Waals surface area (Å²) in [6, 6.07) is 13.6. The molecule has 1 aromatic carbocycles. The molecule has 0 atom stereocenters. The summed E-state index contributed by atoms with van der Waals surface area (Å²) in [4.78, 5) is 12.6. The Kier molecular flexibility index (Phi) is 3.82. The minimum atomic E-state index is 0.439. The van der Waals surface area contributed by atoms with Gasteiger partial charge in [-0.3, -0.25) is 0 Å². The van der Waals surface area contributed by atoms with Crippen molar-refractivity contribution in [1.82, 2.24) is 15.0 Å². The Morgan fingerprint density at radius 3 is 2.27 bits per heavy atom. The zero-order valence-corrected chi connectivity index (χ0v) is 12.1. The Morgan fingerprint density at radius 1 is 0.864 bits per heavy atom. The average molecular weight is 292 g/mol. The van der Waals surface area contributed by atoms with Gasteiger partial charge in [0.2, 0.25) is 0 Å². The van der Waals surface area contributed by atoms with E-state index in [2.05, 4.69) is 25.6 Å². The Hall–Kier alpha value is -3.15. The number of nitrogens with one attached hydrogen (secondary N) is 2. The number of anilines is 5. The standard InChI is InChI=1S/C16H16N6/c1-11-7-8-13(18-9-11)22-16-14(17)15(19-10-20-16)21-12-5-3-2-4-6-12/h2-10H,17H2,1H3,(H2,18,19,20,21,22). The minimum Gasteiger partial charge on any atom is -0.393 e. The second-order valence-electron chi connectivity index (χ2n) is 4.82. The van der Waals surface area contributed by atoms with E-state index in [-0.39, 0.29) is 0 Å². The first kappa shape index (κ1) is 13.8. The molecule has 0 aliphatic rings. The zero-order chi connectivity index (χ0) is 15.4. The molecule has 0 spiro atoms. The summed E-state index contributed by atoms with van der Waals surface area (Å²) in [5.74, 6) is 1.75. The van der Waals surface area contributed by atoms with Crippen LogP contribution in [0.3, 0.4) is 0 Å². The summed E-state index contributed by atoms with van der Waals surface area (Å²) < 4.78 is 0. The van der Waals surface area contributed by atoms with Gasteiger partial charge >= 0.3 is 0 Å². The highest BCUT2D eigenvalue weighted by Crippen LogP contribution is 2.27. The third-order valence-electron chi connectivity index (χ3n) is 3.08. The molecule has 0 aliphatic heterocycles. The molecule has 0 saturated heterocycles. The third kappa shape index (κ3) is 3.12. The van der Waals surface area contributed by atoms with E-state index in [1.165, 1.54) is 6.33 Å². The number of para-hydroxylation sites is 1. The van der Waals surface area contributed by atoms with Gasteiger partial charge in [-0.1, -0.05) is 24.3 Å². The molecule has 0 bridgehead atoms. The van der Waals surface area contributed by atoms with Gasteiger partial charge in [0.15, 0.2) is 11.6 Å². The molecule has 4 N–H and O–H groups in total. The van der Waals surface area contributed by atoms with Crippen LogP contribution in [-0.2, 0) is 0 Å². The molecule has 0 fully saturated rings. The van der Waals surface area contributed by atoms with E-state index in [1.807, 2.05) is 49.4 Å². The highest BCUT2D eigenvalue weighted by Gasteiger charge is 2.09. The number of benzene rings is 1. The summed E-state index contributed by atoms with van der Waals surface area (Å²) >= 11 is 0. The number of pyridine rings is 1. The number of nitrogens with two attached hydrogens (primary N) is 1. The van der Waals surface area contributed by atoms with Crippen molar-refractivity contribution in [3.05, 3.63) is 60.6 Å². The molecule has 6 nitrogen and oxygen atoms in total. The van der Waals surface area contributed by atoms with Crippen LogP contribution in [0.4, 0.5) is 28.8 Å². The lowest BCUT2D eigenvalue weighted by molar-refractivity contribution is 1.16. The number of nitrogens with zero attached hydrogens (tertiary/aromatic N) is 3. The maximum atomic E-state index is 6.13. The predicted molar refractivity (Wildman–Crippen MR) is 88.4 cm³/mol. The molecule has 6 heteroatoms. The fourth-order valence-electron chi connectivity index (χ4n) is 1.92. The van der Waals surface area contributed by atoms with Crippen molar-refractivity contribution in [1.29, 1.82) is 0 Å². The number of aryl methyl sites for hydroxylation is 1. The fraction of sp³-hybridized carbons (Fsp3) is 0.0625. The second-order valence-corrected chi connectivity index (χ2v) is 4.82. The predicted octanol–water partition coefficient (Wildman–Crippen LogP) is 3.25. The van der Waals surface area contributed by atoms with Crippen molar-refractivity contribution >= 4 is 28.8 Å². The van der Waals surface area contributed by atoms with Gasteiger partial charge in [-0.25, -0.2) is 15.0 Å². The summed E-state index contributed by atoms with van der Waals surface area (Å²) in [6.45, 7) is 1.98. The number of aromatic nitrogens is 3. The van der Waals surface area contributed by atoms with E-state index in [0.29, 0.717) is 23.1 Å². The van der Waals surface area contributed by atoms with Crippen LogP contribution in [0.15, 0.2) is 55.0 Å². The van der Waals surface area contributed by atoms with Crippen molar-refractivity contribution in [3.63, 3.8) is 0 Å². The van der Waals surface area contributed by atoms with Crippen molar-refractivity contribution in [2.24, 2.45) is 0 Å². The zero-order valence-electron chi connectivity index (χ0n) is 12.1. The minimum absolute atomic E-state index is 0.439. The van der Waals surface area contributed by atoms with E-state index in [1.54, 1.807) is 6.20 Å². The number of rotatable bonds is 4. The summed E-state index contributed by atoms with van der Waals surface area (Å²) in [5, 5.41) is 6.27. The topological polar surface area (TPSA) is 88.8 Å². The van der Waals surface area contributed by atoms with Crippen molar-refractivity contribution in [2.75, 3.05) is 16.4 Å². The van der Waals surface area contributed by atoms with E-state index in [4.69, 9.17) is 5.73 Å². The molecule has 3 aromatic rings. The lowest BCUT2D eigenvalue weighted by Crippen LogP contribution is -2.05. The molecule has 2 heterocycles. The summed E-state index contributed by atoms with van der Waals surface area (Å²) in [6.07, 6.45) is 3.24. The Labute approximate surface area is 128 Å². The molecule has 0 amide bonds. The Bertz CT molecular complexity index is 755. The molecule has 0 saturated carbocycles. The smallest absolute Gasteiger partial charge is 0.160 e. The maximum Gasteiger partial charge on any atom is 0.160 e. The maximum absolute atomic E-state index is 6.13. The van der Waals surface area contributed by atoms with Crippen LogP contribution in [0.5, 0.6) is 0 Å². The molecule has 0 radical (unpaired) electrons. The number of nitrogen functional groups attached to an aromatic ring is 1. The number of hydrogen-bond donors (Lipinski definition) is 3. The van der Waals surface area contributed by atoms with Crippen LogP contribution < -0.4 is 16.4 Å². The van der Waals surface area contributed by atoms with Gasteiger partial charge in [-0.05, 0) is 30.7 Å². The molecule has 3 rings (SSSR count). The van der Waals surface area contributed by atoms with Gasteiger partial charge in [-0.2, -0.15) is 0 Å². The van der Waals surface area contributed by atoms with Crippen LogP contribution in [-0.4, -0.2) is 15.0 Å². The lowest BCUT2D eigenvalue weighted by atomic mass is 10.3. The Balaban J connectivity index is 1.84. The summed E-state index contributed by atoms with van der Waals surface area (Å²) in [7, 11) is 0. The first-order valence-electron chi connectivity index (χ1n) is 6.84.